The summed E-state index contributed by atoms with van der Waals surface area (Å²) in [7, 11) is 0. The number of hydrogen-bond donors (Lipinski definition) is 3. The summed E-state index contributed by atoms with van der Waals surface area (Å²) in [5.41, 5.74) is 1.71. The second-order valence-electron chi connectivity index (χ2n) is 5.92. The van der Waals surface area contributed by atoms with Crippen molar-refractivity contribution in [1.82, 2.24) is 15.0 Å². The first-order valence-corrected chi connectivity index (χ1v) is 8.26. The van der Waals surface area contributed by atoms with Gasteiger partial charge < -0.3 is 15.0 Å². The van der Waals surface area contributed by atoms with Crippen LogP contribution in [-0.4, -0.2) is 21.0 Å². The Morgan fingerprint density at radius 2 is 2.15 bits per heavy atom. The molecule has 9 heteroatoms. The molecule has 26 heavy (non-hydrogen) atoms. The van der Waals surface area contributed by atoms with E-state index in [0.717, 1.165) is 5.39 Å². The van der Waals surface area contributed by atoms with E-state index in [1.807, 2.05) is 6.92 Å². The number of H-pyrrole nitrogens is 1. The molecule has 1 unspecified atom stereocenters. The van der Waals surface area contributed by atoms with E-state index in [1.54, 1.807) is 30.5 Å². The van der Waals surface area contributed by atoms with Crippen LogP contribution in [0, 0.1) is 0 Å². The number of aromatic amines is 1. The third-order valence-corrected chi connectivity index (χ3v) is 4.33. The monoisotopic (exact) mass is 371 g/mol. The molecule has 3 N–H and O–H groups in total. The molecule has 0 saturated heterocycles. The van der Waals surface area contributed by atoms with Gasteiger partial charge in [0.15, 0.2) is 0 Å². The predicted octanol–water partition coefficient (Wildman–Crippen LogP) is 3.21. The molecule has 1 amide bonds. The van der Waals surface area contributed by atoms with Gasteiger partial charge in [-0.05, 0) is 31.2 Å². The van der Waals surface area contributed by atoms with Crippen LogP contribution in [0.5, 0.6) is 0 Å². The minimum absolute atomic E-state index is 0.127. The van der Waals surface area contributed by atoms with Gasteiger partial charge in [0.05, 0.1) is 11.6 Å². The Kier molecular flexibility index (Phi) is 3.96. The number of hydrogen-bond acceptors (Lipinski definition) is 6. The number of ether oxygens (including phenoxy) is 1. The lowest BCUT2D eigenvalue weighted by Crippen LogP contribution is -2.23. The zero-order valence-corrected chi connectivity index (χ0v) is 14.4. The number of halogens is 1. The number of benzene rings is 1. The van der Waals surface area contributed by atoms with Crippen LogP contribution in [0.25, 0.3) is 10.9 Å². The van der Waals surface area contributed by atoms with Gasteiger partial charge in [0, 0.05) is 27.7 Å². The standard InChI is InChI=1S/C17H14ClN5O3/c1-8(12-5-9-4-11(18)2-3-13(9)21-15(12)24)20-16-19-6-10-7-26-17(25)23-14(10)22-16/h2-6,8H,7H2,1H3,(H,21,24)(H2,19,20,22,23,25). The van der Waals surface area contributed by atoms with Crippen LogP contribution < -0.4 is 16.2 Å². The number of carbonyl (C=O) groups is 1. The van der Waals surface area contributed by atoms with E-state index in [2.05, 4.69) is 25.6 Å². The van der Waals surface area contributed by atoms with Gasteiger partial charge in [-0.15, -0.1) is 0 Å². The van der Waals surface area contributed by atoms with Gasteiger partial charge in [-0.3, -0.25) is 10.1 Å². The summed E-state index contributed by atoms with van der Waals surface area (Å²) in [6, 6.07) is 6.69. The maximum absolute atomic E-state index is 12.4. The summed E-state index contributed by atoms with van der Waals surface area (Å²) >= 11 is 6.03. The highest BCUT2D eigenvalue weighted by atomic mass is 35.5. The Morgan fingerprint density at radius 1 is 1.31 bits per heavy atom. The SMILES string of the molecule is CC(Nc1ncc2c(n1)NC(=O)OC2)c1cc2cc(Cl)ccc2[nH]c1=O. The first-order valence-electron chi connectivity index (χ1n) is 7.88. The number of pyridine rings is 1. The first kappa shape index (κ1) is 16.3. The maximum atomic E-state index is 12.4. The van der Waals surface area contributed by atoms with Crippen LogP contribution in [0.4, 0.5) is 16.6 Å². The Labute approximate surface area is 152 Å². The van der Waals surface area contributed by atoms with Gasteiger partial charge in [0.2, 0.25) is 5.95 Å². The minimum Gasteiger partial charge on any atom is -0.444 e. The summed E-state index contributed by atoms with van der Waals surface area (Å²) in [5, 5.41) is 7.02. The molecule has 4 rings (SSSR count). The molecule has 0 fully saturated rings. The molecule has 1 atom stereocenters. The highest BCUT2D eigenvalue weighted by Crippen LogP contribution is 2.23. The smallest absolute Gasteiger partial charge is 0.413 e. The second kappa shape index (κ2) is 6.30. The molecule has 8 nitrogen and oxygen atoms in total. The largest absolute Gasteiger partial charge is 0.444 e. The fourth-order valence-electron chi connectivity index (χ4n) is 2.75. The molecule has 132 valence electrons. The van der Waals surface area contributed by atoms with E-state index in [9.17, 15) is 9.59 Å². The molecule has 3 aromatic rings. The highest BCUT2D eigenvalue weighted by Gasteiger charge is 2.19. The fourth-order valence-corrected chi connectivity index (χ4v) is 2.93. The van der Waals surface area contributed by atoms with Gasteiger partial charge >= 0.3 is 6.09 Å². The number of cyclic esters (lactones) is 1. The molecule has 0 spiro atoms. The number of nitrogens with one attached hydrogen (secondary N) is 3. The van der Waals surface area contributed by atoms with Crippen LogP contribution in [0.1, 0.15) is 24.1 Å². The summed E-state index contributed by atoms with van der Waals surface area (Å²) < 4.78 is 4.85. The molecule has 0 aliphatic carbocycles. The van der Waals surface area contributed by atoms with Crippen molar-refractivity contribution in [1.29, 1.82) is 0 Å². The van der Waals surface area contributed by atoms with Crippen molar-refractivity contribution in [3.05, 3.63) is 57.0 Å². The van der Waals surface area contributed by atoms with Crippen molar-refractivity contribution in [2.75, 3.05) is 10.6 Å². The number of rotatable bonds is 3. The number of carbonyl (C=O) groups excluding carboxylic acids is 1. The lowest BCUT2D eigenvalue weighted by molar-refractivity contribution is 0.151. The molecule has 0 bridgehead atoms. The predicted molar refractivity (Wildman–Crippen MR) is 97.5 cm³/mol. The fraction of sp³-hybridized carbons (Fsp3) is 0.176. The molecule has 0 radical (unpaired) electrons. The Morgan fingerprint density at radius 3 is 3.00 bits per heavy atom. The number of nitrogens with zero attached hydrogens (tertiary/aromatic N) is 2. The summed E-state index contributed by atoms with van der Waals surface area (Å²) in [5.74, 6) is 0.689. The maximum Gasteiger partial charge on any atom is 0.413 e. The molecule has 0 saturated carbocycles. The Hall–Kier alpha value is -3.13. The van der Waals surface area contributed by atoms with Gasteiger partial charge in [-0.25, -0.2) is 9.78 Å². The normalized spacial score (nSPS) is 14.3. The number of fused-ring (bicyclic) bond motifs is 2. The van der Waals surface area contributed by atoms with Crippen LogP contribution in [0.15, 0.2) is 35.3 Å². The third kappa shape index (κ3) is 3.06. The van der Waals surface area contributed by atoms with Crippen molar-refractivity contribution < 1.29 is 9.53 Å². The lowest BCUT2D eigenvalue weighted by atomic mass is 10.1. The highest BCUT2D eigenvalue weighted by molar-refractivity contribution is 6.31. The molecule has 1 aliphatic rings. The molecule has 1 aliphatic heterocycles. The quantitative estimate of drug-likeness (QED) is 0.652. The Balaban J connectivity index is 1.64. The Bertz CT molecular complexity index is 1080. The molecular formula is C17H14ClN5O3. The number of anilines is 2. The van der Waals surface area contributed by atoms with Gasteiger partial charge in [-0.2, -0.15) is 4.98 Å². The molecule has 3 heterocycles. The van der Waals surface area contributed by atoms with E-state index in [4.69, 9.17) is 16.3 Å². The van der Waals surface area contributed by atoms with E-state index in [-0.39, 0.29) is 18.2 Å². The second-order valence-corrected chi connectivity index (χ2v) is 6.36. The van der Waals surface area contributed by atoms with Crippen molar-refractivity contribution in [3.63, 3.8) is 0 Å². The van der Waals surface area contributed by atoms with E-state index < -0.39 is 6.09 Å². The zero-order valence-electron chi connectivity index (χ0n) is 13.7. The topological polar surface area (TPSA) is 109 Å². The number of amides is 1. The summed E-state index contributed by atoms with van der Waals surface area (Å²) in [4.78, 5) is 35.0. The van der Waals surface area contributed by atoms with E-state index in [0.29, 0.717) is 33.4 Å². The van der Waals surface area contributed by atoms with Gasteiger partial charge in [0.25, 0.3) is 5.56 Å². The summed E-state index contributed by atoms with van der Waals surface area (Å²) in [6.45, 7) is 1.95. The summed E-state index contributed by atoms with van der Waals surface area (Å²) in [6.07, 6.45) is 1.01. The average molecular weight is 372 g/mol. The molecule has 1 aromatic carbocycles. The van der Waals surface area contributed by atoms with Crippen LogP contribution in [-0.2, 0) is 11.3 Å². The van der Waals surface area contributed by atoms with E-state index >= 15 is 0 Å². The van der Waals surface area contributed by atoms with Crippen LogP contribution in [0.2, 0.25) is 5.02 Å². The molecular weight excluding hydrogens is 358 g/mol. The molecule has 2 aromatic heterocycles. The first-order chi connectivity index (χ1) is 12.5. The van der Waals surface area contributed by atoms with Crippen molar-refractivity contribution in [2.45, 2.75) is 19.6 Å². The van der Waals surface area contributed by atoms with Gasteiger partial charge in [0.1, 0.15) is 12.4 Å². The minimum atomic E-state index is -0.557. The van der Waals surface area contributed by atoms with Gasteiger partial charge in [-0.1, -0.05) is 11.6 Å². The van der Waals surface area contributed by atoms with Crippen LogP contribution >= 0.6 is 11.6 Å². The number of aromatic nitrogens is 3. The van der Waals surface area contributed by atoms with Crippen molar-refractivity contribution in [3.8, 4) is 0 Å². The van der Waals surface area contributed by atoms with Crippen molar-refractivity contribution in [2.24, 2.45) is 0 Å². The van der Waals surface area contributed by atoms with E-state index in [1.165, 1.54) is 0 Å². The average Bonchev–Trinajstić information content (AvgIpc) is 2.61. The third-order valence-electron chi connectivity index (χ3n) is 4.09. The van der Waals surface area contributed by atoms with Crippen LogP contribution in [0.3, 0.4) is 0 Å². The van der Waals surface area contributed by atoms with Crippen molar-refractivity contribution >= 4 is 40.4 Å². The lowest BCUT2D eigenvalue weighted by Gasteiger charge is -2.18. The zero-order chi connectivity index (χ0) is 18.3.